The van der Waals surface area contributed by atoms with E-state index in [2.05, 4.69) is 10.3 Å². The number of aromatic nitrogens is 2. The zero-order valence-corrected chi connectivity index (χ0v) is 12.6. The molecule has 0 radical (unpaired) electrons. The first-order valence-corrected chi connectivity index (χ1v) is 6.82. The van der Waals surface area contributed by atoms with Crippen molar-refractivity contribution in [2.45, 2.75) is 32.5 Å². The van der Waals surface area contributed by atoms with Crippen molar-refractivity contribution in [2.24, 2.45) is 0 Å². The van der Waals surface area contributed by atoms with Gasteiger partial charge in [-0.1, -0.05) is 0 Å². The number of rotatable bonds is 6. The Morgan fingerprint density at radius 1 is 1.35 bits per heavy atom. The van der Waals surface area contributed by atoms with Gasteiger partial charge in [-0.05, 0) is 38.1 Å². The van der Waals surface area contributed by atoms with Crippen molar-refractivity contribution < 1.29 is 22.7 Å². The number of nitrogens with one attached hydrogen (secondary N) is 1. The zero-order chi connectivity index (χ0) is 17.0. The van der Waals surface area contributed by atoms with E-state index < -0.39 is 23.9 Å². The Hall–Kier alpha value is -2.51. The van der Waals surface area contributed by atoms with Gasteiger partial charge in [0.15, 0.2) is 5.60 Å². The highest BCUT2D eigenvalue weighted by molar-refractivity contribution is 5.84. The average Bonchev–Trinajstić information content (AvgIpc) is 2.95. The number of alkyl halides is 2. The summed E-state index contributed by atoms with van der Waals surface area (Å²) in [6.07, 6.45) is 2.36. The molecule has 0 saturated heterocycles. The van der Waals surface area contributed by atoms with E-state index in [4.69, 9.17) is 4.74 Å². The summed E-state index contributed by atoms with van der Waals surface area (Å²) in [5.41, 5.74) is -1.26. The van der Waals surface area contributed by atoms with Gasteiger partial charge in [0, 0.05) is 12.4 Å². The third-order valence-electron chi connectivity index (χ3n) is 3.10. The molecule has 0 bridgehead atoms. The second kappa shape index (κ2) is 6.72. The van der Waals surface area contributed by atoms with Crippen LogP contribution in [0.4, 0.5) is 13.2 Å². The molecule has 1 amide bonds. The van der Waals surface area contributed by atoms with Gasteiger partial charge >= 0.3 is 6.55 Å². The Kier molecular flexibility index (Phi) is 4.92. The van der Waals surface area contributed by atoms with E-state index in [1.807, 2.05) is 0 Å². The van der Waals surface area contributed by atoms with Crippen molar-refractivity contribution in [3.05, 3.63) is 48.3 Å². The summed E-state index contributed by atoms with van der Waals surface area (Å²) >= 11 is 0. The first-order valence-electron chi connectivity index (χ1n) is 6.82. The van der Waals surface area contributed by atoms with Crippen LogP contribution in [-0.4, -0.2) is 21.1 Å². The number of carbonyl (C=O) groups excluding carboxylic acids is 1. The quantitative estimate of drug-likeness (QED) is 0.887. The van der Waals surface area contributed by atoms with E-state index in [1.54, 1.807) is 0 Å². The van der Waals surface area contributed by atoms with Gasteiger partial charge in [0.1, 0.15) is 17.4 Å². The molecule has 8 heteroatoms. The number of ether oxygens (including phenoxy) is 1. The Morgan fingerprint density at radius 3 is 2.61 bits per heavy atom. The van der Waals surface area contributed by atoms with Gasteiger partial charge in [0.2, 0.25) is 0 Å². The lowest BCUT2D eigenvalue weighted by atomic mass is 10.1. The van der Waals surface area contributed by atoms with Crippen LogP contribution in [0.2, 0.25) is 0 Å². The van der Waals surface area contributed by atoms with Crippen molar-refractivity contribution in [1.82, 2.24) is 14.9 Å². The van der Waals surface area contributed by atoms with Gasteiger partial charge < -0.3 is 10.1 Å². The number of benzene rings is 1. The summed E-state index contributed by atoms with van der Waals surface area (Å²) < 4.78 is 44.4. The molecule has 0 aliphatic carbocycles. The SMILES string of the molecule is CC(C)(Oc1ccc(F)cc1)C(=O)NCc1nccn1C(F)F. The first-order chi connectivity index (χ1) is 10.8. The van der Waals surface area contributed by atoms with Gasteiger partial charge in [-0.25, -0.2) is 9.37 Å². The van der Waals surface area contributed by atoms with Crippen LogP contribution in [0.5, 0.6) is 5.75 Å². The number of carbonyl (C=O) groups is 1. The highest BCUT2D eigenvalue weighted by Crippen LogP contribution is 2.19. The van der Waals surface area contributed by atoms with Crippen LogP contribution in [0.1, 0.15) is 26.2 Å². The normalized spacial score (nSPS) is 11.6. The summed E-state index contributed by atoms with van der Waals surface area (Å²) in [5, 5.41) is 2.50. The van der Waals surface area contributed by atoms with E-state index in [0.29, 0.717) is 10.3 Å². The molecule has 0 aliphatic rings. The number of hydrogen-bond acceptors (Lipinski definition) is 3. The van der Waals surface area contributed by atoms with Crippen LogP contribution < -0.4 is 10.1 Å². The summed E-state index contributed by atoms with van der Waals surface area (Å²) in [4.78, 5) is 15.9. The molecule has 1 aromatic carbocycles. The minimum Gasteiger partial charge on any atom is -0.478 e. The third kappa shape index (κ3) is 4.24. The van der Waals surface area contributed by atoms with Gasteiger partial charge in [-0.2, -0.15) is 8.78 Å². The van der Waals surface area contributed by atoms with Gasteiger partial charge in [-0.15, -0.1) is 0 Å². The van der Waals surface area contributed by atoms with Crippen LogP contribution in [0.3, 0.4) is 0 Å². The second-order valence-electron chi connectivity index (χ2n) is 5.28. The topological polar surface area (TPSA) is 56.1 Å². The Labute approximate surface area is 131 Å². The average molecular weight is 327 g/mol. The zero-order valence-electron chi connectivity index (χ0n) is 12.6. The van der Waals surface area contributed by atoms with Crippen LogP contribution in [0, 0.1) is 5.82 Å². The standard InChI is InChI=1S/C15H16F3N3O2/c1-15(2,23-11-5-3-10(16)4-6-11)13(22)20-9-12-19-7-8-21(12)14(17)18/h3-8,14H,9H2,1-2H3,(H,20,22). The predicted molar refractivity (Wildman–Crippen MR) is 76.4 cm³/mol. The summed E-state index contributed by atoms with van der Waals surface area (Å²) in [6.45, 7) is 0.149. The van der Waals surface area contributed by atoms with Crippen LogP contribution in [0.15, 0.2) is 36.7 Å². The van der Waals surface area contributed by atoms with Gasteiger partial charge in [0.25, 0.3) is 5.91 Å². The summed E-state index contributed by atoms with van der Waals surface area (Å²) in [6, 6.07) is 5.22. The molecule has 2 aromatic rings. The fourth-order valence-corrected chi connectivity index (χ4v) is 1.87. The molecule has 1 heterocycles. The minimum absolute atomic E-state index is 0.0333. The van der Waals surface area contributed by atoms with E-state index in [0.717, 1.165) is 6.20 Å². The molecular weight excluding hydrogens is 311 g/mol. The van der Waals surface area contributed by atoms with Crippen molar-refractivity contribution in [3.63, 3.8) is 0 Å². The van der Waals surface area contributed by atoms with Crippen molar-refractivity contribution in [1.29, 1.82) is 0 Å². The summed E-state index contributed by atoms with van der Waals surface area (Å²) in [7, 11) is 0. The molecule has 124 valence electrons. The van der Waals surface area contributed by atoms with E-state index >= 15 is 0 Å². The number of hydrogen-bond donors (Lipinski definition) is 1. The maximum absolute atomic E-state index is 12.9. The molecule has 0 spiro atoms. The highest BCUT2D eigenvalue weighted by Gasteiger charge is 2.30. The van der Waals surface area contributed by atoms with E-state index in [-0.39, 0.29) is 12.4 Å². The monoisotopic (exact) mass is 327 g/mol. The third-order valence-corrected chi connectivity index (χ3v) is 3.10. The molecular formula is C15H16F3N3O2. The minimum atomic E-state index is -2.73. The van der Waals surface area contributed by atoms with Crippen LogP contribution >= 0.6 is 0 Å². The van der Waals surface area contributed by atoms with E-state index in [9.17, 15) is 18.0 Å². The lowest BCUT2D eigenvalue weighted by molar-refractivity contribution is -0.134. The molecule has 2 rings (SSSR count). The maximum atomic E-state index is 12.9. The molecule has 0 aliphatic heterocycles. The number of nitrogens with zero attached hydrogens (tertiary/aromatic N) is 2. The number of amides is 1. The highest BCUT2D eigenvalue weighted by atomic mass is 19.3. The van der Waals surface area contributed by atoms with Crippen molar-refractivity contribution >= 4 is 5.91 Å². The first kappa shape index (κ1) is 16.9. The van der Waals surface area contributed by atoms with Gasteiger partial charge in [-0.3, -0.25) is 9.36 Å². The lowest BCUT2D eigenvalue weighted by Crippen LogP contribution is -2.46. The fourth-order valence-electron chi connectivity index (χ4n) is 1.87. The molecule has 23 heavy (non-hydrogen) atoms. The Balaban J connectivity index is 1.98. The lowest BCUT2D eigenvalue weighted by Gasteiger charge is -2.25. The largest absolute Gasteiger partial charge is 0.478 e. The van der Waals surface area contributed by atoms with Gasteiger partial charge in [0.05, 0.1) is 6.54 Å². The van der Waals surface area contributed by atoms with Crippen molar-refractivity contribution in [2.75, 3.05) is 0 Å². The van der Waals surface area contributed by atoms with E-state index in [1.165, 1.54) is 44.3 Å². The smallest absolute Gasteiger partial charge is 0.319 e. The maximum Gasteiger partial charge on any atom is 0.319 e. The van der Waals surface area contributed by atoms with Crippen LogP contribution in [0.25, 0.3) is 0 Å². The molecule has 1 N–H and O–H groups in total. The molecule has 0 atom stereocenters. The molecule has 1 aromatic heterocycles. The molecule has 0 unspecified atom stereocenters. The molecule has 0 saturated carbocycles. The Bertz CT molecular complexity index is 669. The fraction of sp³-hybridized carbons (Fsp3) is 0.333. The van der Waals surface area contributed by atoms with Crippen LogP contribution in [-0.2, 0) is 11.3 Å². The van der Waals surface area contributed by atoms with Crippen molar-refractivity contribution in [3.8, 4) is 5.75 Å². The summed E-state index contributed by atoms with van der Waals surface area (Å²) in [5.74, 6) is -0.573. The number of halogens is 3. The Morgan fingerprint density at radius 2 is 2.00 bits per heavy atom. The molecule has 5 nitrogen and oxygen atoms in total. The number of imidazole rings is 1. The predicted octanol–water partition coefficient (Wildman–Crippen LogP) is 2.89. The molecule has 0 fully saturated rings. The second-order valence-corrected chi connectivity index (χ2v) is 5.28.